The van der Waals surface area contributed by atoms with E-state index in [2.05, 4.69) is 10.1 Å². The first-order valence-corrected chi connectivity index (χ1v) is 8.64. The van der Waals surface area contributed by atoms with Gasteiger partial charge in [0, 0.05) is 5.02 Å². The molecule has 1 aliphatic rings. The summed E-state index contributed by atoms with van der Waals surface area (Å²) in [6.45, 7) is -1.44. The Morgan fingerprint density at radius 3 is 2.43 bits per heavy atom. The third kappa shape index (κ3) is 3.73. The molecule has 2 aromatic rings. The van der Waals surface area contributed by atoms with Crippen LogP contribution in [0.25, 0.3) is 0 Å². The minimum Gasteiger partial charge on any atom is -0.493 e. The summed E-state index contributed by atoms with van der Waals surface area (Å²) in [5.41, 5.74) is -0.122. The van der Waals surface area contributed by atoms with Crippen LogP contribution < -0.4 is 14.8 Å². The maximum atomic E-state index is 12.9. The first kappa shape index (κ1) is 19.9. The number of methoxy groups -OCH3 is 1. The van der Waals surface area contributed by atoms with Gasteiger partial charge >= 0.3 is 12.6 Å². The van der Waals surface area contributed by atoms with Gasteiger partial charge in [-0.25, -0.2) is 4.79 Å². The number of hydrogen-bond donors (Lipinski definition) is 1. The van der Waals surface area contributed by atoms with Gasteiger partial charge in [0.1, 0.15) is 5.54 Å². The van der Waals surface area contributed by atoms with Crippen molar-refractivity contribution in [2.75, 3.05) is 7.11 Å². The molecule has 0 spiro atoms. The van der Waals surface area contributed by atoms with Gasteiger partial charge in [-0.1, -0.05) is 29.8 Å². The van der Waals surface area contributed by atoms with E-state index in [9.17, 15) is 18.4 Å². The Kier molecular flexibility index (Phi) is 5.42. The molecule has 1 fully saturated rings. The number of carbonyl (C=O) groups is 2. The van der Waals surface area contributed by atoms with Gasteiger partial charge in [-0.05, 0) is 42.3 Å². The number of hydrogen-bond acceptors (Lipinski definition) is 4. The van der Waals surface area contributed by atoms with Crippen molar-refractivity contribution in [1.29, 1.82) is 0 Å². The molecule has 3 rings (SSSR count). The summed E-state index contributed by atoms with van der Waals surface area (Å²) in [6, 6.07) is 10.3. The fourth-order valence-corrected chi connectivity index (χ4v) is 3.13. The topological polar surface area (TPSA) is 67.9 Å². The molecule has 0 aromatic heterocycles. The van der Waals surface area contributed by atoms with Crippen LogP contribution in [-0.4, -0.2) is 30.6 Å². The fraction of sp³-hybridized carbons (Fsp3) is 0.263. The molecule has 148 valence electrons. The Hall–Kier alpha value is -2.87. The molecular formula is C19H17ClF2N2O4. The molecule has 2 aromatic carbocycles. The number of rotatable bonds is 6. The van der Waals surface area contributed by atoms with Crippen LogP contribution in [0.2, 0.25) is 5.02 Å². The predicted molar refractivity (Wildman–Crippen MR) is 97.5 cm³/mol. The third-order valence-electron chi connectivity index (χ3n) is 4.48. The Balaban J connectivity index is 1.84. The number of nitrogens with one attached hydrogen (secondary N) is 1. The Labute approximate surface area is 165 Å². The number of nitrogens with zero attached hydrogens (tertiary/aromatic N) is 1. The molecular weight excluding hydrogens is 394 g/mol. The first-order chi connectivity index (χ1) is 13.2. The monoisotopic (exact) mass is 410 g/mol. The van der Waals surface area contributed by atoms with Gasteiger partial charge < -0.3 is 14.8 Å². The van der Waals surface area contributed by atoms with Crippen molar-refractivity contribution in [3.8, 4) is 11.5 Å². The van der Waals surface area contributed by atoms with E-state index in [1.54, 1.807) is 31.2 Å². The van der Waals surface area contributed by atoms with Gasteiger partial charge in [-0.2, -0.15) is 8.78 Å². The van der Waals surface area contributed by atoms with E-state index >= 15 is 0 Å². The molecule has 28 heavy (non-hydrogen) atoms. The first-order valence-electron chi connectivity index (χ1n) is 8.26. The number of imide groups is 1. The average molecular weight is 411 g/mol. The number of ether oxygens (including phenoxy) is 2. The molecule has 1 atom stereocenters. The summed E-state index contributed by atoms with van der Waals surface area (Å²) >= 11 is 5.89. The zero-order valence-corrected chi connectivity index (χ0v) is 15.8. The lowest BCUT2D eigenvalue weighted by Crippen LogP contribution is -2.40. The van der Waals surface area contributed by atoms with Crippen molar-refractivity contribution in [1.82, 2.24) is 10.2 Å². The molecule has 1 aliphatic heterocycles. The molecule has 6 nitrogen and oxygen atoms in total. The van der Waals surface area contributed by atoms with E-state index in [1.807, 2.05) is 0 Å². The average Bonchev–Trinajstić information content (AvgIpc) is 2.87. The summed E-state index contributed by atoms with van der Waals surface area (Å²) < 4.78 is 34.3. The van der Waals surface area contributed by atoms with Crippen molar-refractivity contribution in [3.63, 3.8) is 0 Å². The van der Waals surface area contributed by atoms with Crippen LogP contribution in [0, 0.1) is 0 Å². The zero-order valence-electron chi connectivity index (χ0n) is 15.0. The second-order valence-electron chi connectivity index (χ2n) is 6.32. The minimum atomic E-state index is -2.99. The number of amides is 3. The van der Waals surface area contributed by atoms with Crippen LogP contribution >= 0.6 is 11.6 Å². The summed E-state index contributed by atoms with van der Waals surface area (Å²) in [5.74, 6) is -0.499. The third-order valence-corrected chi connectivity index (χ3v) is 4.73. The normalized spacial score (nSPS) is 19.1. The van der Waals surface area contributed by atoms with Gasteiger partial charge in [0.15, 0.2) is 11.5 Å². The maximum absolute atomic E-state index is 12.9. The van der Waals surface area contributed by atoms with Crippen molar-refractivity contribution in [2.24, 2.45) is 0 Å². The van der Waals surface area contributed by atoms with Crippen LogP contribution in [0.5, 0.6) is 11.5 Å². The Bertz CT molecular complexity index is 907. The standard InChI is InChI=1S/C19H17ClF2N2O4/c1-19(12-4-6-13(20)7-5-12)16(25)24(18(26)23-19)10-11-3-8-14(28-17(21)22)15(9-11)27-2/h3-9,17H,10H2,1-2H3,(H,23,26)/t19-/m0/s1. The van der Waals surface area contributed by atoms with Crippen LogP contribution in [0.3, 0.4) is 0 Å². The molecule has 3 amide bonds. The lowest BCUT2D eigenvalue weighted by Gasteiger charge is -2.22. The largest absolute Gasteiger partial charge is 0.493 e. The van der Waals surface area contributed by atoms with Crippen molar-refractivity contribution < 1.29 is 27.8 Å². The number of urea groups is 1. The van der Waals surface area contributed by atoms with Gasteiger partial charge in [0.25, 0.3) is 5.91 Å². The van der Waals surface area contributed by atoms with E-state index in [1.165, 1.54) is 25.3 Å². The van der Waals surface area contributed by atoms with E-state index < -0.39 is 24.1 Å². The maximum Gasteiger partial charge on any atom is 0.387 e. The molecule has 1 saturated heterocycles. The molecule has 0 unspecified atom stereocenters. The van der Waals surface area contributed by atoms with Crippen LogP contribution in [0.15, 0.2) is 42.5 Å². The Morgan fingerprint density at radius 1 is 1.14 bits per heavy atom. The minimum absolute atomic E-state index is 0.0564. The second kappa shape index (κ2) is 7.63. The molecule has 0 radical (unpaired) electrons. The van der Waals surface area contributed by atoms with Crippen molar-refractivity contribution in [2.45, 2.75) is 25.6 Å². The molecule has 9 heteroatoms. The van der Waals surface area contributed by atoms with E-state index in [-0.39, 0.29) is 18.0 Å². The van der Waals surface area contributed by atoms with Crippen LogP contribution in [0.1, 0.15) is 18.1 Å². The Morgan fingerprint density at radius 2 is 1.82 bits per heavy atom. The lowest BCUT2D eigenvalue weighted by atomic mass is 9.92. The number of benzene rings is 2. The molecule has 0 aliphatic carbocycles. The molecule has 0 saturated carbocycles. The van der Waals surface area contributed by atoms with E-state index in [4.69, 9.17) is 16.3 Å². The predicted octanol–water partition coefficient (Wildman–Crippen LogP) is 3.92. The van der Waals surface area contributed by atoms with Crippen molar-refractivity contribution in [3.05, 3.63) is 58.6 Å². The quantitative estimate of drug-likeness (QED) is 0.733. The SMILES string of the molecule is COc1cc(CN2C(=O)N[C@@](C)(c3ccc(Cl)cc3)C2=O)ccc1OC(F)F. The zero-order chi connectivity index (χ0) is 20.5. The van der Waals surface area contributed by atoms with Crippen LogP contribution in [0.4, 0.5) is 13.6 Å². The molecule has 1 heterocycles. The highest BCUT2D eigenvalue weighted by atomic mass is 35.5. The summed E-state index contributed by atoms with van der Waals surface area (Å²) in [5, 5.41) is 3.20. The van der Waals surface area contributed by atoms with E-state index in [0.29, 0.717) is 16.1 Å². The van der Waals surface area contributed by atoms with Crippen LogP contribution in [-0.2, 0) is 16.9 Å². The second-order valence-corrected chi connectivity index (χ2v) is 6.75. The smallest absolute Gasteiger partial charge is 0.387 e. The highest BCUT2D eigenvalue weighted by Crippen LogP contribution is 2.33. The number of alkyl halides is 2. The number of carbonyl (C=O) groups excluding carboxylic acids is 2. The van der Waals surface area contributed by atoms with Gasteiger partial charge in [-0.3, -0.25) is 9.69 Å². The summed E-state index contributed by atoms with van der Waals surface area (Å²) in [4.78, 5) is 26.4. The van der Waals surface area contributed by atoms with Gasteiger partial charge in [-0.15, -0.1) is 0 Å². The van der Waals surface area contributed by atoms with Gasteiger partial charge in [0.05, 0.1) is 13.7 Å². The highest BCUT2D eigenvalue weighted by Gasteiger charge is 2.48. The fourth-order valence-electron chi connectivity index (χ4n) is 3.01. The van der Waals surface area contributed by atoms with Crippen molar-refractivity contribution >= 4 is 23.5 Å². The summed E-state index contributed by atoms with van der Waals surface area (Å²) in [6.07, 6.45) is 0. The number of halogens is 3. The van der Waals surface area contributed by atoms with Gasteiger partial charge in [0.2, 0.25) is 0 Å². The lowest BCUT2D eigenvalue weighted by molar-refractivity contribution is -0.131. The summed E-state index contributed by atoms with van der Waals surface area (Å²) in [7, 11) is 1.31. The highest BCUT2D eigenvalue weighted by molar-refractivity contribution is 6.30. The molecule has 0 bridgehead atoms. The van der Waals surface area contributed by atoms with E-state index in [0.717, 1.165) is 4.90 Å². The molecule has 1 N–H and O–H groups in total.